The maximum Gasteiger partial charge on any atom is 0.417 e. The number of hydrogen-bond donors (Lipinski definition) is 1. The first-order valence-corrected chi connectivity index (χ1v) is 15.9. The summed E-state index contributed by atoms with van der Waals surface area (Å²) in [6.07, 6.45) is -3.57. The number of ether oxygens (including phenoxy) is 2. The Hall–Kier alpha value is -4.26. The Labute approximate surface area is 274 Å². The lowest BCUT2D eigenvalue weighted by atomic mass is 10.2. The van der Waals surface area contributed by atoms with Crippen molar-refractivity contribution in [3.8, 4) is 11.5 Å². The number of sulfonamides is 1. The lowest BCUT2D eigenvalue weighted by Gasteiger charge is -2.25. The van der Waals surface area contributed by atoms with Crippen LogP contribution in [0.3, 0.4) is 0 Å². The topological polar surface area (TPSA) is 97.3 Å². The molecule has 4 aromatic carbocycles. The number of rotatable bonds is 12. The second-order valence-corrected chi connectivity index (χ2v) is 12.5. The van der Waals surface area contributed by atoms with Gasteiger partial charge in [-0.3, -0.25) is 9.10 Å². The average molecular weight is 695 g/mol. The minimum Gasteiger partial charge on any atom is -0.490 e. The fraction of sp³-hybridized carbons (Fsp3) is 0.188. The van der Waals surface area contributed by atoms with Gasteiger partial charge >= 0.3 is 6.18 Å². The Morgan fingerprint density at radius 2 is 1.63 bits per heavy atom. The molecule has 0 aliphatic carbocycles. The molecule has 0 unspecified atom stereocenters. The molecule has 0 aliphatic heterocycles. The molecular formula is C32H28Cl2F3N3O5S. The predicted octanol–water partition coefficient (Wildman–Crippen LogP) is 7.64. The number of amides is 1. The zero-order valence-corrected chi connectivity index (χ0v) is 26.8. The zero-order valence-electron chi connectivity index (χ0n) is 24.5. The predicted molar refractivity (Wildman–Crippen MR) is 171 cm³/mol. The summed E-state index contributed by atoms with van der Waals surface area (Å²) in [6.45, 7) is 3.28. The van der Waals surface area contributed by atoms with E-state index in [1.54, 1.807) is 44.2 Å². The summed E-state index contributed by atoms with van der Waals surface area (Å²) in [5.41, 5.74) is 2.74. The van der Waals surface area contributed by atoms with Crippen molar-refractivity contribution >= 4 is 51.0 Å². The Morgan fingerprint density at radius 1 is 0.935 bits per heavy atom. The molecule has 1 N–H and O–H groups in total. The van der Waals surface area contributed by atoms with Gasteiger partial charge in [0, 0.05) is 5.02 Å². The van der Waals surface area contributed by atoms with Gasteiger partial charge in [-0.2, -0.15) is 18.3 Å². The number of hydrogen-bond acceptors (Lipinski definition) is 6. The van der Waals surface area contributed by atoms with Crippen LogP contribution < -0.4 is 19.2 Å². The van der Waals surface area contributed by atoms with Gasteiger partial charge in [0.15, 0.2) is 11.5 Å². The van der Waals surface area contributed by atoms with E-state index in [2.05, 4.69) is 10.5 Å². The van der Waals surface area contributed by atoms with E-state index >= 15 is 0 Å². The van der Waals surface area contributed by atoms with E-state index in [0.717, 1.165) is 23.3 Å². The number of alkyl halides is 3. The molecule has 4 rings (SSSR count). The molecule has 0 aliphatic rings. The number of hydrazone groups is 1. The van der Waals surface area contributed by atoms with Crippen molar-refractivity contribution in [2.24, 2.45) is 5.10 Å². The SMILES string of the molecule is CCOc1cc(/C=N\NC(=O)CN(c2ccc(Cl)c(C(F)(F)F)c2)S(=O)(=O)c2ccc(C)cc2)ccc1OCc1ccc(Cl)cc1. The summed E-state index contributed by atoms with van der Waals surface area (Å²) < 4.78 is 80.1. The number of nitrogens with one attached hydrogen (secondary N) is 1. The maximum absolute atomic E-state index is 13.6. The highest BCUT2D eigenvalue weighted by atomic mass is 35.5. The van der Waals surface area contributed by atoms with Crippen molar-refractivity contribution in [2.75, 3.05) is 17.5 Å². The second-order valence-electron chi connectivity index (χ2n) is 9.83. The van der Waals surface area contributed by atoms with Gasteiger partial charge in [-0.15, -0.1) is 0 Å². The standard InChI is InChI=1S/C32H28Cl2F3N3O5S/c1-3-44-30-16-23(8-15-29(30)45-20-22-6-9-24(33)10-7-22)18-38-39-31(41)19-40(46(42,43)26-12-4-21(2)5-13-26)25-11-14-28(34)27(17-25)32(35,36)37/h4-18H,3,19-20H2,1-2H3,(H,39,41)/b38-18-. The van der Waals surface area contributed by atoms with Gasteiger partial charge < -0.3 is 9.47 Å². The Bertz CT molecular complexity index is 1820. The van der Waals surface area contributed by atoms with Gasteiger partial charge in [0.1, 0.15) is 13.2 Å². The third-order valence-corrected chi connectivity index (χ3v) is 8.79. The van der Waals surface area contributed by atoms with Crippen LogP contribution in [0.15, 0.2) is 94.9 Å². The highest BCUT2D eigenvalue weighted by molar-refractivity contribution is 7.92. The highest BCUT2D eigenvalue weighted by Gasteiger charge is 2.35. The summed E-state index contributed by atoms with van der Waals surface area (Å²) in [5.74, 6) is -0.0233. The van der Waals surface area contributed by atoms with Crippen LogP contribution >= 0.6 is 23.2 Å². The molecule has 0 saturated carbocycles. The van der Waals surface area contributed by atoms with E-state index in [0.29, 0.717) is 39.1 Å². The highest BCUT2D eigenvalue weighted by Crippen LogP contribution is 2.38. The summed E-state index contributed by atoms with van der Waals surface area (Å²) in [4.78, 5) is 12.7. The van der Waals surface area contributed by atoms with E-state index in [-0.39, 0.29) is 11.5 Å². The first-order valence-electron chi connectivity index (χ1n) is 13.7. The van der Waals surface area contributed by atoms with Crippen LogP contribution in [-0.4, -0.2) is 33.7 Å². The fourth-order valence-electron chi connectivity index (χ4n) is 4.12. The van der Waals surface area contributed by atoms with E-state index < -0.39 is 44.9 Å². The Morgan fingerprint density at radius 3 is 2.28 bits per heavy atom. The molecule has 0 fully saturated rings. The average Bonchev–Trinajstić information content (AvgIpc) is 3.00. The molecular weight excluding hydrogens is 666 g/mol. The van der Waals surface area contributed by atoms with Crippen molar-refractivity contribution in [3.05, 3.63) is 117 Å². The maximum atomic E-state index is 13.6. The molecule has 14 heteroatoms. The summed E-state index contributed by atoms with van der Waals surface area (Å²) in [6, 6.07) is 20.4. The number of carbonyl (C=O) groups is 1. The first kappa shape index (κ1) is 34.6. The van der Waals surface area contributed by atoms with Crippen LogP contribution in [0.2, 0.25) is 10.0 Å². The van der Waals surface area contributed by atoms with Crippen molar-refractivity contribution in [3.63, 3.8) is 0 Å². The molecule has 0 aromatic heterocycles. The summed E-state index contributed by atoms with van der Waals surface area (Å²) in [5, 5.41) is 3.89. The van der Waals surface area contributed by atoms with E-state index in [1.807, 2.05) is 12.1 Å². The second kappa shape index (κ2) is 14.9. The third kappa shape index (κ3) is 8.93. The number of anilines is 1. The normalized spacial score (nSPS) is 11.8. The van der Waals surface area contributed by atoms with Crippen LogP contribution in [0.5, 0.6) is 11.5 Å². The van der Waals surface area contributed by atoms with Crippen LogP contribution in [0.25, 0.3) is 0 Å². The van der Waals surface area contributed by atoms with Gasteiger partial charge in [0.25, 0.3) is 15.9 Å². The van der Waals surface area contributed by atoms with E-state index in [4.69, 9.17) is 32.7 Å². The Balaban J connectivity index is 1.53. The monoisotopic (exact) mass is 693 g/mol. The van der Waals surface area contributed by atoms with Crippen LogP contribution in [0.1, 0.15) is 29.2 Å². The van der Waals surface area contributed by atoms with Crippen molar-refractivity contribution in [1.82, 2.24) is 5.43 Å². The Kier molecular flexibility index (Phi) is 11.2. The third-order valence-electron chi connectivity index (χ3n) is 6.42. The molecule has 0 bridgehead atoms. The molecule has 4 aromatic rings. The molecule has 242 valence electrons. The van der Waals surface area contributed by atoms with Crippen LogP contribution in [0.4, 0.5) is 18.9 Å². The zero-order chi connectivity index (χ0) is 33.5. The van der Waals surface area contributed by atoms with Crippen LogP contribution in [-0.2, 0) is 27.6 Å². The molecule has 0 heterocycles. The molecule has 0 spiro atoms. The first-order chi connectivity index (χ1) is 21.8. The number of nitrogens with zero attached hydrogens (tertiary/aromatic N) is 2. The number of halogens is 5. The lowest BCUT2D eigenvalue weighted by molar-refractivity contribution is -0.137. The van der Waals surface area contributed by atoms with Crippen molar-refractivity contribution in [2.45, 2.75) is 31.5 Å². The molecule has 8 nitrogen and oxygen atoms in total. The molecule has 0 radical (unpaired) electrons. The smallest absolute Gasteiger partial charge is 0.417 e. The molecule has 1 amide bonds. The number of benzene rings is 4. The van der Waals surface area contributed by atoms with E-state index in [1.165, 1.54) is 30.5 Å². The van der Waals surface area contributed by atoms with Gasteiger partial charge in [0.2, 0.25) is 0 Å². The van der Waals surface area contributed by atoms with Gasteiger partial charge in [-0.1, -0.05) is 53.0 Å². The number of carbonyl (C=O) groups excluding carboxylic acids is 1. The molecule has 0 saturated heterocycles. The molecule has 0 atom stereocenters. The fourth-order valence-corrected chi connectivity index (χ4v) is 5.88. The van der Waals surface area contributed by atoms with Crippen molar-refractivity contribution in [1.29, 1.82) is 0 Å². The van der Waals surface area contributed by atoms with Crippen LogP contribution in [0, 0.1) is 6.92 Å². The van der Waals surface area contributed by atoms with Gasteiger partial charge in [0.05, 0.1) is 34.0 Å². The number of aryl methyl sites for hydroxylation is 1. The summed E-state index contributed by atoms with van der Waals surface area (Å²) >= 11 is 11.7. The van der Waals surface area contributed by atoms with Gasteiger partial charge in [-0.25, -0.2) is 13.8 Å². The quantitative estimate of drug-likeness (QED) is 0.122. The van der Waals surface area contributed by atoms with Gasteiger partial charge in [-0.05, 0) is 85.6 Å². The minimum absolute atomic E-state index is 0.222. The minimum atomic E-state index is -4.87. The van der Waals surface area contributed by atoms with E-state index in [9.17, 15) is 26.4 Å². The largest absolute Gasteiger partial charge is 0.490 e. The lowest BCUT2D eigenvalue weighted by Crippen LogP contribution is -2.39. The van der Waals surface area contributed by atoms with Crippen molar-refractivity contribution < 1.29 is 35.9 Å². The molecule has 46 heavy (non-hydrogen) atoms. The summed E-state index contributed by atoms with van der Waals surface area (Å²) in [7, 11) is -4.49.